The molecule has 3 heterocycles. The fourth-order valence-corrected chi connectivity index (χ4v) is 3.94. The van der Waals surface area contributed by atoms with Crippen molar-refractivity contribution >= 4 is 36.9 Å². The topological polar surface area (TPSA) is 68.7 Å². The highest BCUT2D eigenvalue weighted by Gasteiger charge is 2.19. The fraction of sp³-hybridized carbons (Fsp3) is 0.421. The SMILES string of the molecule is CCn1c(C#N)c(-c2cnn(COCCS(C)(C)C)c2)c2cc(Br)ncc21. The summed E-state index contributed by atoms with van der Waals surface area (Å²) < 4.78 is 10.3. The smallest absolute Gasteiger partial charge is 0.139 e. The first-order valence-electron chi connectivity index (χ1n) is 8.68. The summed E-state index contributed by atoms with van der Waals surface area (Å²) in [6.45, 7) is 3.87. The molecule has 0 atom stereocenters. The first-order chi connectivity index (χ1) is 12.8. The average Bonchev–Trinajstić information content (AvgIpc) is 3.18. The minimum absolute atomic E-state index is 0.412. The Labute approximate surface area is 169 Å². The lowest BCUT2D eigenvalue weighted by atomic mass is 10.1. The molecule has 0 saturated carbocycles. The van der Waals surface area contributed by atoms with Gasteiger partial charge in [-0.15, -0.1) is 0 Å². The molecule has 8 heteroatoms. The summed E-state index contributed by atoms with van der Waals surface area (Å²) in [7, 11) is -0.558. The minimum Gasteiger partial charge on any atom is -0.358 e. The molecule has 0 spiro atoms. The second-order valence-corrected chi connectivity index (χ2v) is 12.6. The van der Waals surface area contributed by atoms with Crippen LogP contribution in [0.1, 0.15) is 12.6 Å². The van der Waals surface area contributed by atoms with Crippen molar-refractivity contribution in [1.82, 2.24) is 19.3 Å². The molecule has 0 N–H and O–H groups in total. The van der Waals surface area contributed by atoms with Crippen LogP contribution >= 0.6 is 26.0 Å². The number of aromatic nitrogens is 4. The van der Waals surface area contributed by atoms with E-state index in [-0.39, 0.29) is 0 Å². The highest BCUT2D eigenvalue weighted by molar-refractivity contribution is 9.10. The Balaban J connectivity index is 1.91. The van der Waals surface area contributed by atoms with Crippen molar-refractivity contribution in [2.45, 2.75) is 20.2 Å². The van der Waals surface area contributed by atoms with E-state index in [4.69, 9.17) is 4.74 Å². The van der Waals surface area contributed by atoms with Crippen LogP contribution in [0.25, 0.3) is 22.0 Å². The Hall–Kier alpha value is -1.82. The molecular weight excluding hydrogens is 426 g/mol. The van der Waals surface area contributed by atoms with Crippen molar-refractivity contribution in [3.8, 4) is 17.2 Å². The lowest BCUT2D eigenvalue weighted by Crippen LogP contribution is -2.10. The van der Waals surface area contributed by atoms with Crippen molar-refractivity contribution in [2.24, 2.45) is 0 Å². The predicted octanol–water partition coefficient (Wildman–Crippen LogP) is 4.22. The third kappa shape index (κ3) is 4.37. The number of halogens is 1. The molecule has 0 amide bonds. The van der Waals surface area contributed by atoms with E-state index in [1.807, 2.05) is 23.8 Å². The summed E-state index contributed by atoms with van der Waals surface area (Å²) in [5.41, 5.74) is 3.38. The third-order valence-electron chi connectivity index (χ3n) is 4.32. The van der Waals surface area contributed by atoms with Gasteiger partial charge in [-0.2, -0.15) is 10.4 Å². The van der Waals surface area contributed by atoms with Gasteiger partial charge in [-0.05, 0) is 47.7 Å². The van der Waals surface area contributed by atoms with Crippen LogP contribution in [0.4, 0.5) is 0 Å². The van der Waals surface area contributed by atoms with Crippen LogP contribution < -0.4 is 0 Å². The van der Waals surface area contributed by atoms with E-state index in [2.05, 4.69) is 50.8 Å². The zero-order valence-corrected chi connectivity index (χ0v) is 18.5. The lowest BCUT2D eigenvalue weighted by molar-refractivity contribution is 0.0809. The number of nitrogens with zero attached hydrogens (tertiary/aromatic N) is 5. The zero-order chi connectivity index (χ0) is 19.6. The molecule has 0 aliphatic carbocycles. The summed E-state index contributed by atoms with van der Waals surface area (Å²) in [4.78, 5) is 4.32. The molecule has 0 aromatic carbocycles. The number of hydrogen-bond acceptors (Lipinski definition) is 4. The minimum atomic E-state index is -0.558. The molecule has 0 aliphatic rings. The first-order valence-corrected chi connectivity index (χ1v) is 12.5. The van der Waals surface area contributed by atoms with Gasteiger partial charge >= 0.3 is 0 Å². The van der Waals surface area contributed by atoms with Gasteiger partial charge in [0.2, 0.25) is 0 Å². The lowest BCUT2D eigenvalue weighted by Gasteiger charge is -2.24. The number of rotatable bonds is 7. The zero-order valence-electron chi connectivity index (χ0n) is 16.1. The molecule has 0 bridgehead atoms. The molecule has 3 aromatic heterocycles. The summed E-state index contributed by atoms with van der Waals surface area (Å²) in [5.74, 6) is 1.07. The maximum atomic E-state index is 9.77. The van der Waals surface area contributed by atoms with Gasteiger partial charge in [0, 0.05) is 35.0 Å². The first kappa shape index (κ1) is 19.9. The van der Waals surface area contributed by atoms with Crippen molar-refractivity contribution in [3.05, 3.63) is 35.0 Å². The van der Waals surface area contributed by atoms with Crippen LogP contribution in [0.2, 0.25) is 0 Å². The van der Waals surface area contributed by atoms with E-state index in [0.29, 0.717) is 19.0 Å². The quantitative estimate of drug-likeness (QED) is 0.399. The molecule has 27 heavy (non-hydrogen) atoms. The Morgan fingerprint density at radius 3 is 2.74 bits per heavy atom. The van der Waals surface area contributed by atoms with Gasteiger partial charge in [0.1, 0.15) is 23.1 Å². The van der Waals surface area contributed by atoms with E-state index in [1.165, 1.54) is 0 Å². The van der Waals surface area contributed by atoms with Gasteiger partial charge in [0.15, 0.2) is 0 Å². The van der Waals surface area contributed by atoms with Crippen molar-refractivity contribution in [1.29, 1.82) is 5.26 Å². The van der Waals surface area contributed by atoms with E-state index in [9.17, 15) is 5.26 Å². The molecule has 0 fully saturated rings. The maximum absolute atomic E-state index is 9.77. The van der Waals surface area contributed by atoms with E-state index in [1.54, 1.807) is 17.1 Å². The van der Waals surface area contributed by atoms with Crippen LogP contribution in [0.5, 0.6) is 0 Å². The van der Waals surface area contributed by atoms with Crippen LogP contribution in [0.15, 0.2) is 29.3 Å². The monoisotopic (exact) mass is 449 g/mol. The Bertz CT molecular complexity index is 996. The Morgan fingerprint density at radius 1 is 1.30 bits per heavy atom. The normalized spacial score (nSPS) is 12.4. The van der Waals surface area contributed by atoms with Gasteiger partial charge < -0.3 is 9.30 Å². The van der Waals surface area contributed by atoms with E-state index >= 15 is 0 Å². The van der Waals surface area contributed by atoms with Crippen LogP contribution in [0, 0.1) is 11.3 Å². The number of ether oxygens (including phenoxy) is 1. The third-order valence-corrected chi connectivity index (χ3v) is 6.15. The predicted molar refractivity (Wildman–Crippen MR) is 115 cm³/mol. The average molecular weight is 450 g/mol. The number of nitriles is 1. The van der Waals surface area contributed by atoms with Gasteiger partial charge in [-0.25, -0.2) is 19.7 Å². The molecule has 0 unspecified atom stereocenters. The van der Waals surface area contributed by atoms with Crippen LogP contribution in [0.3, 0.4) is 0 Å². The summed E-state index contributed by atoms with van der Waals surface area (Å²) >= 11 is 3.44. The van der Waals surface area contributed by atoms with Gasteiger partial charge in [-0.3, -0.25) is 0 Å². The van der Waals surface area contributed by atoms with Crippen molar-refractivity contribution in [3.63, 3.8) is 0 Å². The van der Waals surface area contributed by atoms with Gasteiger partial charge in [0.25, 0.3) is 0 Å². The number of pyridine rings is 1. The highest BCUT2D eigenvalue weighted by Crippen LogP contribution is 2.35. The fourth-order valence-electron chi connectivity index (χ4n) is 2.99. The largest absolute Gasteiger partial charge is 0.358 e. The van der Waals surface area contributed by atoms with Crippen molar-refractivity contribution in [2.75, 3.05) is 31.1 Å². The number of aryl methyl sites for hydroxylation is 1. The second-order valence-electron chi connectivity index (χ2n) is 7.20. The maximum Gasteiger partial charge on any atom is 0.139 e. The molecule has 0 radical (unpaired) electrons. The summed E-state index contributed by atoms with van der Waals surface area (Å²) in [6.07, 6.45) is 12.4. The molecule has 3 rings (SSSR count). The second kappa shape index (κ2) is 8.05. The molecular formula is C19H24BrN5OS. The van der Waals surface area contributed by atoms with E-state index < -0.39 is 10.0 Å². The molecule has 6 nitrogen and oxygen atoms in total. The van der Waals surface area contributed by atoms with Crippen molar-refractivity contribution < 1.29 is 4.74 Å². The van der Waals surface area contributed by atoms with Gasteiger partial charge in [-0.1, -0.05) is 0 Å². The van der Waals surface area contributed by atoms with Crippen LogP contribution in [-0.2, 0) is 18.0 Å². The summed E-state index contributed by atoms with van der Waals surface area (Å²) in [6, 6.07) is 4.31. The van der Waals surface area contributed by atoms with Gasteiger partial charge in [0.05, 0.1) is 24.5 Å². The summed E-state index contributed by atoms with van der Waals surface area (Å²) in [5, 5.41) is 15.2. The standard InChI is InChI=1S/C19H24BrN5OS/c1-5-25-16(9-21)19(15-8-18(20)22-11-17(15)25)14-10-23-24(12-14)13-26-6-7-27(2,3)4/h8,10-12H,5-7,13H2,1-4H3. The Kier molecular flexibility index (Phi) is 5.94. The van der Waals surface area contributed by atoms with E-state index in [0.717, 1.165) is 39.0 Å². The molecule has 144 valence electrons. The van der Waals surface area contributed by atoms with Crippen LogP contribution in [-0.4, -0.2) is 50.5 Å². The molecule has 0 saturated heterocycles. The number of fused-ring (bicyclic) bond motifs is 1. The highest BCUT2D eigenvalue weighted by atomic mass is 79.9. The Morgan fingerprint density at radius 2 is 2.07 bits per heavy atom. The molecule has 3 aromatic rings. The number of hydrogen-bond donors (Lipinski definition) is 0. The molecule has 0 aliphatic heterocycles.